The average molecular weight is 381 g/mol. The lowest BCUT2D eigenvalue weighted by atomic mass is 9.94. The van der Waals surface area contributed by atoms with Crippen molar-refractivity contribution < 1.29 is 39.9 Å². The summed E-state index contributed by atoms with van der Waals surface area (Å²) >= 11 is 0. The summed E-state index contributed by atoms with van der Waals surface area (Å²) in [5.74, 6) is -2.22. The van der Waals surface area contributed by atoms with Crippen LogP contribution in [0.15, 0.2) is 0 Å². The number of amides is 3. The maximum atomic E-state index is 11.9. The van der Waals surface area contributed by atoms with Crippen LogP contribution >= 0.6 is 0 Å². The topological polar surface area (TPSA) is 254 Å². The summed E-state index contributed by atoms with van der Waals surface area (Å²) in [5.41, 5.74) is 16.0. The summed E-state index contributed by atoms with van der Waals surface area (Å²) in [4.78, 5) is 33.3. The van der Waals surface area contributed by atoms with E-state index in [1.54, 1.807) is 0 Å². The molecule has 0 fully saturated rings. The molecular weight excluding hydrogens is 354 g/mol. The zero-order valence-electron chi connectivity index (χ0n) is 13.9. The molecule has 0 aliphatic rings. The van der Waals surface area contributed by atoms with Gasteiger partial charge in [0.15, 0.2) is 6.10 Å². The Morgan fingerprint density at radius 2 is 1.65 bits per heavy atom. The van der Waals surface area contributed by atoms with E-state index in [4.69, 9.17) is 22.3 Å². The third kappa shape index (κ3) is 7.57. The fourth-order valence-electron chi connectivity index (χ4n) is 1.94. The van der Waals surface area contributed by atoms with Gasteiger partial charge in [0.05, 0.1) is 30.9 Å². The van der Waals surface area contributed by atoms with E-state index in [2.05, 4.69) is 5.32 Å². The average Bonchev–Trinajstić information content (AvgIpc) is 2.61. The van der Waals surface area contributed by atoms with E-state index in [9.17, 15) is 34.8 Å². The second-order valence-electron chi connectivity index (χ2n) is 5.72. The van der Waals surface area contributed by atoms with E-state index in [1.165, 1.54) is 0 Å². The Morgan fingerprint density at radius 3 is 2.12 bits per heavy atom. The molecule has 0 saturated carbocycles. The first-order valence-corrected chi connectivity index (χ1v) is 7.67. The Bertz CT molecular complexity index is 468. The number of primary amides is 1. The largest absolute Gasteiger partial charge is 0.395 e. The van der Waals surface area contributed by atoms with Gasteiger partial charge in [-0.2, -0.15) is 0 Å². The first-order valence-electron chi connectivity index (χ1n) is 7.67. The highest BCUT2D eigenvalue weighted by Gasteiger charge is 2.35. The van der Waals surface area contributed by atoms with Crippen LogP contribution in [0.25, 0.3) is 0 Å². The smallest absolute Gasteiger partial charge is 0.252 e. The number of carbonyl (C=O) groups excluding carboxylic acids is 3. The van der Waals surface area contributed by atoms with Crippen LogP contribution in [0.5, 0.6) is 0 Å². The number of aliphatic hydroxyl groups excluding tert-OH is 5. The van der Waals surface area contributed by atoms with E-state index in [-0.39, 0.29) is 13.0 Å². The lowest BCUT2D eigenvalue weighted by molar-refractivity contribution is -0.140. The minimum Gasteiger partial charge on any atom is -0.395 e. The van der Waals surface area contributed by atoms with Gasteiger partial charge < -0.3 is 53.4 Å². The van der Waals surface area contributed by atoms with Crippen molar-refractivity contribution in [2.24, 2.45) is 17.2 Å². The van der Waals surface area contributed by atoms with Crippen molar-refractivity contribution in [3.8, 4) is 0 Å². The van der Waals surface area contributed by atoms with Gasteiger partial charge in [0.2, 0.25) is 12.3 Å². The summed E-state index contributed by atoms with van der Waals surface area (Å²) < 4.78 is 0. The van der Waals surface area contributed by atoms with Crippen LogP contribution < -0.4 is 27.8 Å². The molecule has 0 aromatic carbocycles. The van der Waals surface area contributed by atoms with Crippen molar-refractivity contribution in [3.63, 3.8) is 0 Å². The van der Waals surface area contributed by atoms with Crippen molar-refractivity contribution in [2.45, 2.75) is 49.0 Å². The molecule has 0 heterocycles. The molecule has 26 heavy (non-hydrogen) atoms. The molecular formula is C13H27N5O8. The minimum absolute atomic E-state index is 0.266. The molecule has 152 valence electrons. The number of nitrogens with one attached hydrogen (secondary N) is 2. The number of carbonyl (C=O) groups is 3. The van der Waals surface area contributed by atoms with Gasteiger partial charge in [0.25, 0.3) is 5.91 Å². The summed E-state index contributed by atoms with van der Waals surface area (Å²) in [6.07, 6.45) is -7.17. The molecule has 7 atom stereocenters. The fourth-order valence-corrected chi connectivity index (χ4v) is 1.94. The molecule has 13 N–H and O–H groups in total. The van der Waals surface area contributed by atoms with E-state index in [0.717, 1.165) is 0 Å². The van der Waals surface area contributed by atoms with Crippen LogP contribution in [0, 0.1) is 0 Å². The molecule has 0 spiro atoms. The molecule has 3 amide bonds. The van der Waals surface area contributed by atoms with Crippen LogP contribution in [-0.2, 0) is 14.4 Å². The normalized spacial score (nSPS) is 19.3. The van der Waals surface area contributed by atoms with E-state index in [0.29, 0.717) is 0 Å². The molecule has 13 nitrogen and oxygen atoms in total. The Balaban J connectivity index is 4.79. The van der Waals surface area contributed by atoms with Gasteiger partial charge in [-0.15, -0.1) is 0 Å². The Kier molecular flexibility index (Phi) is 10.8. The monoisotopic (exact) mass is 381 g/mol. The van der Waals surface area contributed by atoms with Gasteiger partial charge in [-0.1, -0.05) is 0 Å². The summed E-state index contributed by atoms with van der Waals surface area (Å²) in [6.45, 7) is -0.895. The number of hydrogen-bond acceptors (Lipinski definition) is 10. The van der Waals surface area contributed by atoms with Crippen LogP contribution in [0.3, 0.4) is 0 Å². The number of aliphatic hydroxyl groups is 5. The van der Waals surface area contributed by atoms with Crippen molar-refractivity contribution >= 4 is 18.2 Å². The highest BCUT2D eigenvalue weighted by Crippen LogP contribution is 2.10. The van der Waals surface area contributed by atoms with E-state index >= 15 is 0 Å². The Labute approximate surface area is 149 Å². The van der Waals surface area contributed by atoms with Crippen molar-refractivity contribution in [3.05, 3.63) is 0 Å². The second kappa shape index (κ2) is 11.7. The van der Waals surface area contributed by atoms with Gasteiger partial charge in [-0.25, -0.2) is 0 Å². The maximum Gasteiger partial charge on any atom is 0.252 e. The predicted octanol–water partition coefficient (Wildman–Crippen LogP) is -6.82. The Morgan fingerprint density at radius 1 is 1.08 bits per heavy atom. The molecule has 0 aromatic rings. The van der Waals surface area contributed by atoms with E-state index in [1.807, 2.05) is 5.32 Å². The Hall–Kier alpha value is -1.87. The molecule has 0 radical (unpaired) electrons. The summed E-state index contributed by atoms with van der Waals surface area (Å²) in [5, 5.41) is 52.2. The van der Waals surface area contributed by atoms with Crippen LogP contribution in [0.1, 0.15) is 6.42 Å². The number of nitrogens with two attached hydrogens (primary N) is 3. The molecule has 0 aromatic heterocycles. The molecule has 7 unspecified atom stereocenters. The SMILES string of the molecule is NC(=O)C(CNC=O)NC(=O)C(O)C(O)C(N)C(O)CC(O)C(N)CO. The zero-order valence-corrected chi connectivity index (χ0v) is 13.9. The molecule has 0 aliphatic carbocycles. The highest BCUT2D eigenvalue weighted by molar-refractivity contribution is 5.89. The molecule has 0 rings (SSSR count). The van der Waals surface area contributed by atoms with Crippen molar-refractivity contribution in [1.82, 2.24) is 10.6 Å². The fraction of sp³-hybridized carbons (Fsp3) is 0.769. The van der Waals surface area contributed by atoms with Crippen LogP contribution in [0.4, 0.5) is 0 Å². The molecule has 0 aliphatic heterocycles. The maximum absolute atomic E-state index is 11.9. The van der Waals surface area contributed by atoms with Gasteiger partial charge in [0.1, 0.15) is 12.1 Å². The summed E-state index contributed by atoms with van der Waals surface area (Å²) in [7, 11) is 0. The molecule has 0 bridgehead atoms. The van der Waals surface area contributed by atoms with Crippen LogP contribution in [-0.4, -0.2) is 99.5 Å². The number of hydrogen-bond donors (Lipinski definition) is 10. The molecule has 0 saturated heterocycles. The van der Waals surface area contributed by atoms with Gasteiger partial charge >= 0.3 is 0 Å². The van der Waals surface area contributed by atoms with E-state index < -0.39 is 67.4 Å². The molecule has 13 heteroatoms. The first kappa shape index (κ1) is 24.1. The quantitative estimate of drug-likeness (QED) is 0.135. The van der Waals surface area contributed by atoms with Gasteiger partial charge in [0, 0.05) is 13.0 Å². The highest BCUT2D eigenvalue weighted by atomic mass is 16.3. The predicted molar refractivity (Wildman–Crippen MR) is 86.9 cm³/mol. The third-order valence-electron chi connectivity index (χ3n) is 3.68. The lowest BCUT2D eigenvalue weighted by Gasteiger charge is -2.29. The summed E-state index contributed by atoms with van der Waals surface area (Å²) in [6, 6.07) is -3.96. The standard InChI is InChI=1S/C13H27N5O8/c14-5(3-19)7(21)1-8(22)9(15)10(23)11(24)13(26)18-6(12(16)25)2-17-4-20/h4-11,19,21-24H,1-3,14-15H2,(H2,16,25)(H,17,20)(H,18,26). The third-order valence-corrected chi connectivity index (χ3v) is 3.68. The van der Waals surface area contributed by atoms with Gasteiger partial charge in [-0.05, 0) is 0 Å². The zero-order chi connectivity index (χ0) is 20.4. The number of rotatable bonds is 13. The second-order valence-corrected chi connectivity index (χ2v) is 5.72. The minimum atomic E-state index is -2.14. The van der Waals surface area contributed by atoms with Gasteiger partial charge in [-0.3, -0.25) is 14.4 Å². The first-order chi connectivity index (χ1) is 12.1. The van der Waals surface area contributed by atoms with Crippen molar-refractivity contribution in [1.29, 1.82) is 0 Å². The lowest BCUT2D eigenvalue weighted by Crippen LogP contribution is -2.59. The van der Waals surface area contributed by atoms with Crippen molar-refractivity contribution in [2.75, 3.05) is 13.2 Å². The van der Waals surface area contributed by atoms with Crippen LogP contribution in [0.2, 0.25) is 0 Å².